The summed E-state index contributed by atoms with van der Waals surface area (Å²) in [5, 5.41) is 23.3. The Morgan fingerprint density at radius 2 is 1.83 bits per heavy atom. The molecule has 24 heavy (non-hydrogen) atoms. The first-order valence-electron chi connectivity index (χ1n) is 7.23. The van der Waals surface area contributed by atoms with Gasteiger partial charge >= 0.3 is 5.97 Å². The zero-order chi connectivity index (χ0) is 18.1. The van der Waals surface area contributed by atoms with Crippen molar-refractivity contribution in [2.24, 2.45) is 0 Å². The van der Waals surface area contributed by atoms with E-state index in [-0.39, 0.29) is 23.8 Å². The maximum atomic E-state index is 11.1. The first-order valence-corrected chi connectivity index (χ1v) is 7.23. The van der Waals surface area contributed by atoms with E-state index in [4.69, 9.17) is 21.3 Å². The van der Waals surface area contributed by atoms with Gasteiger partial charge in [-0.15, -0.1) is 0 Å². The molecule has 0 bridgehead atoms. The molecule has 0 saturated heterocycles. The third-order valence-corrected chi connectivity index (χ3v) is 2.99. The number of nitrogens with two attached hydrogens (primary N) is 1. The number of nitrogen functional groups attached to an aromatic ring is 1. The topological polar surface area (TPSA) is 120 Å². The minimum atomic E-state index is -0.397. The number of carbonyl (C=O) groups excluding carboxylic acids is 1. The molecule has 1 aliphatic carbocycles. The number of esters is 1. The molecule has 2 rings (SSSR count). The van der Waals surface area contributed by atoms with Crippen molar-refractivity contribution in [3.63, 3.8) is 0 Å². The van der Waals surface area contributed by atoms with Crippen molar-refractivity contribution in [3.8, 4) is 5.75 Å². The highest BCUT2D eigenvalue weighted by atomic mass is 16.5. The number of allylic oxidation sites excluding steroid dienone is 4. The number of anilines is 1. The predicted octanol–water partition coefficient (Wildman–Crippen LogP) is 2.79. The summed E-state index contributed by atoms with van der Waals surface area (Å²) in [7, 11) is 0. The zero-order valence-corrected chi connectivity index (χ0v) is 13.5. The van der Waals surface area contributed by atoms with Gasteiger partial charge in [-0.25, -0.2) is 4.79 Å². The smallest absolute Gasteiger partial charge is 0.333 e. The van der Waals surface area contributed by atoms with Gasteiger partial charge in [-0.3, -0.25) is 10.8 Å². The average molecular weight is 327 g/mol. The molecule has 1 aromatic rings. The van der Waals surface area contributed by atoms with Gasteiger partial charge in [-0.05, 0) is 36.8 Å². The summed E-state index contributed by atoms with van der Waals surface area (Å²) in [4.78, 5) is 11.1. The van der Waals surface area contributed by atoms with Gasteiger partial charge in [-0.1, -0.05) is 24.8 Å². The Morgan fingerprint density at radius 1 is 1.25 bits per heavy atom. The van der Waals surface area contributed by atoms with Crippen molar-refractivity contribution in [1.29, 1.82) is 10.8 Å². The standard InChI is InChI=1S/C12H15NO3.C6H6N2/c1-8(2)12(15)16-6-5-9-3-4-11(14)10(13)7-9;7-5-3-1-2-4-6(5)8/h3-4,7,14H,1,5-6,13H2,2H3;1-4,7-8H. The summed E-state index contributed by atoms with van der Waals surface area (Å²) < 4.78 is 4.94. The van der Waals surface area contributed by atoms with Crippen LogP contribution in [0.1, 0.15) is 12.5 Å². The van der Waals surface area contributed by atoms with Crippen LogP contribution < -0.4 is 5.73 Å². The van der Waals surface area contributed by atoms with Crippen LogP contribution >= 0.6 is 0 Å². The summed E-state index contributed by atoms with van der Waals surface area (Å²) in [6, 6.07) is 4.91. The molecule has 0 radical (unpaired) electrons. The number of rotatable bonds is 4. The van der Waals surface area contributed by atoms with Crippen LogP contribution in [0.2, 0.25) is 0 Å². The van der Waals surface area contributed by atoms with Crippen molar-refractivity contribution >= 4 is 23.1 Å². The number of benzene rings is 1. The lowest BCUT2D eigenvalue weighted by Crippen LogP contribution is -2.08. The summed E-state index contributed by atoms with van der Waals surface area (Å²) in [6.45, 7) is 5.35. The Kier molecular flexibility index (Phi) is 7.16. The third kappa shape index (κ3) is 6.31. The monoisotopic (exact) mass is 327 g/mol. The van der Waals surface area contributed by atoms with Gasteiger partial charge in [0.2, 0.25) is 0 Å². The normalized spacial score (nSPS) is 12.4. The Morgan fingerprint density at radius 3 is 2.29 bits per heavy atom. The highest BCUT2D eigenvalue weighted by Crippen LogP contribution is 2.20. The summed E-state index contributed by atoms with van der Waals surface area (Å²) in [6.07, 6.45) is 7.26. The highest BCUT2D eigenvalue weighted by molar-refractivity contribution is 6.48. The number of ether oxygens (including phenoxy) is 1. The number of aromatic hydroxyl groups is 1. The fourth-order valence-corrected chi connectivity index (χ4v) is 1.63. The molecule has 6 heteroatoms. The van der Waals surface area contributed by atoms with Gasteiger partial charge in [-0.2, -0.15) is 0 Å². The van der Waals surface area contributed by atoms with Crippen LogP contribution in [0.4, 0.5) is 5.69 Å². The van der Waals surface area contributed by atoms with E-state index >= 15 is 0 Å². The van der Waals surface area contributed by atoms with Crippen LogP contribution in [0.3, 0.4) is 0 Å². The van der Waals surface area contributed by atoms with Crippen molar-refractivity contribution in [2.45, 2.75) is 13.3 Å². The molecule has 0 heterocycles. The molecule has 0 aromatic heterocycles. The van der Waals surface area contributed by atoms with Crippen LogP contribution in [-0.4, -0.2) is 29.1 Å². The lowest BCUT2D eigenvalue weighted by molar-refractivity contribution is -0.138. The SMILES string of the molecule is C=C(C)C(=O)OCCc1ccc(O)c(N)c1.N=C1C=CC=CC1=N. The number of carbonyl (C=O) groups is 1. The molecule has 1 aliphatic rings. The predicted molar refractivity (Wildman–Crippen MR) is 95.7 cm³/mol. The number of phenols is 1. The lowest BCUT2D eigenvalue weighted by atomic mass is 10.1. The van der Waals surface area contributed by atoms with Gasteiger partial charge in [0.15, 0.2) is 0 Å². The van der Waals surface area contributed by atoms with Crippen LogP contribution in [-0.2, 0) is 16.0 Å². The van der Waals surface area contributed by atoms with E-state index in [1.54, 1.807) is 43.4 Å². The molecular weight excluding hydrogens is 306 g/mol. The van der Waals surface area contributed by atoms with Crippen molar-refractivity contribution < 1.29 is 14.6 Å². The highest BCUT2D eigenvalue weighted by Gasteiger charge is 2.04. The fraction of sp³-hybridized carbons (Fsp3) is 0.167. The van der Waals surface area contributed by atoms with E-state index < -0.39 is 5.97 Å². The van der Waals surface area contributed by atoms with E-state index in [0.29, 0.717) is 17.7 Å². The Labute approximate surface area is 141 Å². The molecule has 5 N–H and O–H groups in total. The number of phenolic OH excluding ortho intramolecular Hbond substituents is 1. The minimum Gasteiger partial charge on any atom is -0.506 e. The van der Waals surface area contributed by atoms with E-state index in [9.17, 15) is 9.90 Å². The Bertz CT molecular complexity index is 696. The zero-order valence-electron chi connectivity index (χ0n) is 13.5. The number of nitrogens with one attached hydrogen (secondary N) is 2. The Hall–Kier alpha value is -3.15. The second kappa shape index (κ2) is 9.09. The largest absolute Gasteiger partial charge is 0.506 e. The van der Waals surface area contributed by atoms with E-state index in [1.165, 1.54) is 6.07 Å². The molecule has 0 aliphatic heterocycles. The average Bonchev–Trinajstić information content (AvgIpc) is 2.54. The van der Waals surface area contributed by atoms with Crippen LogP contribution in [0.15, 0.2) is 54.7 Å². The molecule has 0 saturated carbocycles. The lowest BCUT2D eigenvalue weighted by Gasteiger charge is -2.05. The Balaban J connectivity index is 0.000000300. The van der Waals surface area contributed by atoms with Gasteiger partial charge in [0.05, 0.1) is 23.7 Å². The quantitative estimate of drug-likeness (QED) is 0.223. The van der Waals surface area contributed by atoms with Crippen LogP contribution in [0.25, 0.3) is 0 Å². The first-order chi connectivity index (χ1) is 11.3. The number of hydrogen-bond donors (Lipinski definition) is 4. The van der Waals surface area contributed by atoms with E-state index in [0.717, 1.165) is 5.56 Å². The van der Waals surface area contributed by atoms with Crippen molar-refractivity contribution in [3.05, 3.63) is 60.2 Å². The third-order valence-electron chi connectivity index (χ3n) is 2.99. The molecule has 1 aromatic carbocycles. The second-order valence-corrected chi connectivity index (χ2v) is 5.11. The molecule has 0 unspecified atom stereocenters. The van der Waals surface area contributed by atoms with E-state index in [2.05, 4.69) is 6.58 Å². The summed E-state index contributed by atoms with van der Waals surface area (Å²) in [5.74, 6) is -0.338. The van der Waals surface area contributed by atoms with Gasteiger partial charge in [0.1, 0.15) is 5.75 Å². The van der Waals surface area contributed by atoms with Crippen molar-refractivity contribution in [1.82, 2.24) is 0 Å². The van der Waals surface area contributed by atoms with Crippen LogP contribution in [0.5, 0.6) is 5.75 Å². The molecule has 0 atom stereocenters. The molecule has 0 amide bonds. The minimum absolute atomic E-state index is 0.0580. The van der Waals surface area contributed by atoms with Crippen molar-refractivity contribution in [2.75, 3.05) is 12.3 Å². The van der Waals surface area contributed by atoms with Gasteiger partial charge < -0.3 is 15.6 Å². The first kappa shape index (κ1) is 18.9. The van der Waals surface area contributed by atoms with Gasteiger partial charge in [0.25, 0.3) is 0 Å². The maximum Gasteiger partial charge on any atom is 0.333 e. The molecule has 126 valence electrons. The summed E-state index contributed by atoms with van der Waals surface area (Å²) in [5.41, 5.74) is 7.71. The molecule has 0 fully saturated rings. The number of hydrogen-bond acceptors (Lipinski definition) is 6. The van der Waals surface area contributed by atoms with E-state index in [1.807, 2.05) is 0 Å². The molecule has 6 nitrogen and oxygen atoms in total. The fourth-order valence-electron chi connectivity index (χ4n) is 1.63. The van der Waals surface area contributed by atoms with Crippen LogP contribution in [0, 0.1) is 10.8 Å². The molecule has 0 spiro atoms. The summed E-state index contributed by atoms with van der Waals surface area (Å²) >= 11 is 0. The molecular formula is C18H21N3O3. The van der Waals surface area contributed by atoms with Gasteiger partial charge in [0, 0.05) is 12.0 Å². The second-order valence-electron chi connectivity index (χ2n) is 5.11. The maximum absolute atomic E-state index is 11.1.